The normalized spacial score (nSPS) is 20.6. The van der Waals surface area contributed by atoms with Gasteiger partial charge in [0.2, 0.25) is 0 Å². The molecule has 0 nitrogen and oxygen atoms in total. The molecular formula is C15H16F2. The summed E-state index contributed by atoms with van der Waals surface area (Å²) >= 11 is 0. The molecule has 0 fully saturated rings. The second kappa shape index (κ2) is 4.82. The van der Waals surface area contributed by atoms with Crippen LogP contribution in [0.1, 0.15) is 36.8 Å². The minimum Gasteiger partial charge on any atom is -0.207 e. The van der Waals surface area contributed by atoms with Gasteiger partial charge in [-0.25, -0.2) is 8.78 Å². The molecule has 1 aliphatic rings. The lowest BCUT2D eigenvalue weighted by Gasteiger charge is -2.12. The van der Waals surface area contributed by atoms with Gasteiger partial charge in [-0.2, -0.15) is 0 Å². The summed E-state index contributed by atoms with van der Waals surface area (Å²) in [6.45, 7) is 3.50. The van der Waals surface area contributed by atoms with Crippen molar-refractivity contribution in [1.29, 1.82) is 0 Å². The van der Waals surface area contributed by atoms with E-state index in [1.807, 2.05) is 12.1 Å². The Kier molecular flexibility index (Phi) is 3.41. The predicted molar refractivity (Wildman–Crippen MR) is 66.1 cm³/mol. The molecule has 0 bridgehead atoms. The van der Waals surface area contributed by atoms with Crippen LogP contribution >= 0.6 is 0 Å². The molecule has 1 aromatic rings. The molecule has 1 atom stereocenters. The maximum absolute atomic E-state index is 13.7. The topological polar surface area (TPSA) is 0 Å². The Morgan fingerprint density at radius 3 is 2.65 bits per heavy atom. The van der Waals surface area contributed by atoms with E-state index in [0.29, 0.717) is 11.1 Å². The molecule has 0 spiro atoms. The van der Waals surface area contributed by atoms with Crippen molar-refractivity contribution in [3.05, 3.63) is 58.7 Å². The molecule has 0 saturated carbocycles. The summed E-state index contributed by atoms with van der Waals surface area (Å²) in [5, 5.41) is 0. The zero-order chi connectivity index (χ0) is 12.4. The highest BCUT2D eigenvalue weighted by Crippen LogP contribution is 2.30. The Hall–Kier alpha value is -1.44. The third kappa shape index (κ3) is 2.63. The fourth-order valence-corrected chi connectivity index (χ4v) is 2.07. The summed E-state index contributed by atoms with van der Waals surface area (Å²) in [7, 11) is 0. The molecule has 0 radical (unpaired) electrons. The van der Waals surface area contributed by atoms with Gasteiger partial charge in [-0.1, -0.05) is 18.2 Å². The molecular weight excluding hydrogens is 218 g/mol. The molecule has 1 aliphatic carbocycles. The number of allylic oxidation sites excluding steroid dienone is 4. The minimum absolute atomic E-state index is 0.0289. The van der Waals surface area contributed by atoms with E-state index >= 15 is 0 Å². The van der Waals surface area contributed by atoms with E-state index < -0.39 is 0 Å². The number of aryl methyl sites for hydroxylation is 1. The molecule has 0 heterocycles. The Bertz CT molecular complexity index is 484. The van der Waals surface area contributed by atoms with Gasteiger partial charge in [0.1, 0.15) is 11.6 Å². The third-order valence-electron chi connectivity index (χ3n) is 3.28. The third-order valence-corrected chi connectivity index (χ3v) is 3.28. The standard InChI is InChI=1S/C15H16F2/c1-10-4-3-5-12(8-14(10)16)13-7-6-11(2)15(17)9-13/h4,6-9,12H,3,5H2,1-2H3. The van der Waals surface area contributed by atoms with Crippen LogP contribution in [-0.4, -0.2) is 0 Å². The maximum atomic E-state index is 13.7. The fourth-order valence-electron chi connectivity index (χ4n) is 2.07. The highest BCUT2D eigenvalue weighted by molar-refractivity contribution is 5.34. The number of hydrogen-bond acceptors (Lipinski definition) is 0. The van der Waals surface area contributed by atoms with Gasteiger partial charge >= 0.3 is 0 Å². The molecule has 2 rings (SSSR count). The van der Waals surface area contributed by atoms with Crippen LogP contribution in [0.2, 0.25) is 0 Å². The minimum atomic E-state index is -0.217. The van der Waals surface area contributed by atoms with Crippen molar-refractivity contribution in [2.75, 3.05) is 0 Å². The molecule has 0 aromatic heterocycles. The first kappa shape index (κ1) is 12.0. The monoisotopic (exact) mass is 234 g/mol. The van der Waals surface area contributed by atoms with Crippen molar-refractivity contribution < 1.29 is 8.78 Å². The molecule has 0 aliphatic heterocycles. The van der Waals surface area contributed by atoms with Crippen LogP contribution < -0.4 is 0 Å². The van der Waals surface area contributed by atoms with E-state index in [1.165, 1.54) is 6.07 Å². The second-order valence-electron chi connectivity index (χ2n) is 4.59. The first-order valence-electron chi connectivity index (χ1n) is 5.88. The zero-order valence-corrected chi connectivity index (χ0v) is 10.1. The highest BCUT2D eigenvalue weighted by atomic mass is 19.1. The first-order valence-corrected chi connectivity index (χ1v) is 5.88. The number of benzene rings is 1. The van der Waals surface area contributed by atoms with E-state index in [9.17, 15) is 8.78 Å². The lowest BCUT2D eigenvalue weighted by molar-refractivity contribution is 0.610. The van der Waals surface area contributed by atoms with Gasteiger partial charge in [-0.15, -0.1) is 0 Å². The first-order chi connectivity index (χ1) is 8.08. The Morgan fingerprint density at radius 2 is 1.94 bits per heavy atom. The molecule has 1 unspecified atom stereocenters. The average Bonchev–Trinajstić information content (AvgIpc) is 2.46. The van der Waals surface area contributed by atoms with Crippen LogP contribution in [-0.2, 0) is 0 Å². The van der Waals surface area contributed by atoms with Crippen LogP contribution in [0.4, 0.5) is 8.78 Å². The lowest BCUT2D eigenvalue weighted by Crippen LogP contribution is -1.96. The van der Waals surface area contributed by atoms with Crippen molar-refractivity contribution in [1.82, 2.24) is 0 Å². The highest BCUT2D eigenvalue weighted by Gasteiger charge is 2.15. The summed E-state index contributed by atoms with van der Waals surface area (Å²) in [5.74, 6) is -0.433. The van der Waals surface area contributed by atoms with Gasteiger partial charge in [0, 0.05) is 5.92 Å². The lowest BCUT2D eigenvalue weighted by atomic mass is 9.94. The summed E-state index contributed by atoms with van der Waals surface area (Å²) in [5.41, 5.74) is 2.16. The molecule has 0 N–H and O–H groups in total. The van der Waals surface area contributed by atoms with E-state index in [-0.39, 0.29) is 17.6 Å². The van der Waals surface area contributed by atoms with E-state index in [2.05, 4.69) is 0 Å². The summed E-state index contributed by atoms with van der Waals surface area (Å²) in [6.07, 6.45) is 5.16. The Balaban J connectivity index is 2.32. The fraction of sp³-hybridized carbons (Fsp3) is 0.333. The number of halogens is 2. The van der Waals surface area contributed by atoms with Gasteiger partial charge in [0.15, 0.2) is 0 Å². The van der Waals surface area contributed by atoms with Crippen LogP contribution in [0.25, 0.3) is 0 Å². The molecule has 0 amide bonds. The van der Waals surface area contributed by atoms with E-state index in [1.54, 1.807) is 26.0 Å². The van der Waals surface area contributed by atoms with Crippen LogP contribution in [0.15, 0.2) is 41.8 Å². The summed E-state index contributed by atoms with van der Waals surface area (Å²) in [4.78, 5) is 0. The van der Waals surface area contributed by atoms with Crippen LogP contribution in [0, 0.1) is 12.7 Å². The zero-order valence-electron chi connectivity index (χ0n) is 10.1. The van der Waals surface area contributed by atoms with Crippen LogP contribution in [0.5, 0.6) is 0 Å². The van der Waals surface area contributed by atoms with Gasteiger partial charge < -0.3 is 0 Å². The molecule has 17 heavy (non-hydrogen) atoms. The maximum Gasteiger partial charge on any atom is 0.126 e. The largest absolute Gasteiger partial charge is 0.207 e. The SMILES string of the molecule is CC1=CCCC(c2ccc(C)c(F)c2)C=C1F. The molecule has 2 heteroatoms. The summed E-state index contributed by atoms with van der Waals surface area (Å²) in [6, 6.07) is 5.15. The van der Waals surface area contributed by atoms with Crippen molar-refractivity contribution in [3.63, 3.8) is 0 Å². The van der Waals surface area contributed by atoms with Gasteiger partial charge in [0.25, 0.3) is 0 Å². The van der Waals surface area contributed by atoms with Crippen molar-refractivity contribution >= 4 is 0 Å². The predicted octanol–water partition coefficient (Wildman–Crippen LogP) is 4.81. The van der Waals surface area contributed by atoms with Crippen molar-refractivity contribution in [2.24, 2.45) is 0 Å². The number of hydrogen-bond donors (Lipinski definition) is 0. The van der Waals surface area contributed by atoms with Crippen LogP contribution in [0.3, 0.4) is 0 Å². The quantitative estimate of drug-likeness (QED) is 0.654. The van der Waals surface area contributed by atoms with E-state index in [4.69, 9.17) is 0 Å². The van der Waals surface area contributed by atoms with E-state index in [0.717, 1.165) is 18.4 Å². The Labute approximate surface area is 101 Å². The summed E-state index contributed by atoms with van der Waals surface area (Å²) < 4.78 is 27.1. The van der Waals surface area contributed by atoms with Crippen molar-refractivity contribution in [2.45, 2.75) is 32.6 Å². The molecule has 0 saturated heterocycles. The van der Waals surface area contributed by atoms with Crippen molar-refractivity contribution in [3.8, 4) is 0 Å². The molecule has 90 valence electrons. The second-order valence-corrected chi connectivity index (χ2v) is 4.59. The van der Waals surface area contributed by atoms with Gasteiger partial charge in [0.05, 0.1) is 0 Å². The average molecular weight is 234 g/mol. The number of rotatable bonds is 1. The molecule has 1 aromatic carbocycles. The van der Waals surface area contributed by atoms with Gasteiger partial charge in [-0.3, -0.25) is 0 Å². The smallest absolute Gasteiger partial charge is 0.126 e. The van der Waals surface area contributed by atoms with Gasteiger partial charge in [-0.05, 0) is 55.5 Å². The Morgan fingerprint density at radius 1 is 1.18 bits per heavy atom.